The highest BCUT2D eigenvalue weighted by atomic mass is 32.2. The standard InChI is InChI=1S/C14H18N2OS/c1-8-13(17)16-11-6-9(4-5-12(11)18-8)10-7-15-14(10,2)3/h4-6,8,10,15H,7H2,1-3H3,(H,16,17). The van der Waals surface area contributed by atoms with Gasteiger partial charge in [0, 0.05) is 22.9 Å². The number of thioether (sulfide) groups is 1. The van der Waals surface area contributed by atoms with E-state index in [2.05, 4.69) is 42.7 Å². The van der Waals surface area contributed by atoms with Crippen LogP contribution >= 0.6 is 11.8 Å². The first kappa shape index (κ1) is 12.1. The quantitative estimate of drug-likeness (QED) is 0.817. The van der Waals surface area contributed by atoms with Gasteiger partial charge in [-0.3, -0.25) is 4.79 Å². The van der Waals surface area contributed by atoms with Gasteiger partial charge in [-0.25, -0.2) is 0 Å². The molecule has 0 aromatic heterocycles. The first-order valence-electron chi connectivity index (χ1n) is 6.34. The molecule has 0 spiro atoms. The molecule has 3 nitrogen and oxygen atoms in total. The molecule has 1 amide bonds. The lowest BCUT2D eigenvalue weighted by Crippen LogP contribution is -2.59. The zero-order valence-corrected chi connectivity index (χ0v) is 11.7. The summed E-state index contributed by atoms with van der Waals surface area (Å²) in [5, 5.41) is 6.44. The highest BCUT2D eigenvalue weighted by Crippen LogP contribution is 2.40. The lowest BCUT2D eigenvalue weighted by molar-refractivity contribution is -0.115. The second-order valence-corrected chi connectivity index (χ2v) is 7.04. The number of benzene rings is 1. The molecule has 0 bridgehead atoms. The van der Waals surface area contributed by atoms with Crippen LogP contribution in [0.4, 0.5) is 5.69 Å². The topological polar surface area (TPSA) is 41.1 Å². The van der Waals surface area contributed by atoms with E-state index in [4.69, 9.17) is 0 Å². The van der Waals surface area contributed by atoms with Crippen molar-refractivity contribution in [2.24, 2.45) is 0 Å². The second-order valence-electron chi connectivity index (χ2n) is 5.66. The van der Waals surface area contributed by atoms with Crippen LogP contribution < -0.4 is 10.6 Å². The van der Waals surface area contributed by atoms with Crippen LogP contribution in [0.25, 0.3) is 0 Å². The van der Waals surface area contributed by atoms with Crippen LogP contribution in [0.2, 0.25) is 0 Å². The third-order valence-corrected chi connectivity index (χ3v) is 5.15. The normalized spacial score (nSPS) is 29.2. The van der Waals surface area contributed by atoms with Gasteiger partial charge in [-0.05, 0) is 38.5 Å². The minimum Gasteiger partial charge on any atom is -0.324 e. The zero-order chi connectivity index (χ0) is 12.9. The molecular formula is C14H18N2OS. The Morgan fingerprint density at radius 1 is 1.39 bits per heavy atom. The molecule has 0 radical (unpaired) electrons. The molecule has 2 unspecified atom stereocenters. The van der Waals surface area contributed by atoms with Gasteiger partial charge in [0.2, 0.25) is 5.91 Å². The van der Waals surface area contributed by atoms with Crippen molar-refractivity contribution in [1.82, 2.24) is 5.32 Å². The van der Waals surface area contributed by atoms with Gasteiger partial charge in [-0.1, -0.05) is 6.07 Å². The van der Waals surface area contributed by atoms with Gasteiger partial charge in [0.25, 0.3) is 0 Å². The largest absolute Gasteiger partial charge is 0.324 e. The highest BCUT2D eigenvalue weighted by Gasteiger charge is 2.39. The average Bonchev–Trinajstić information content (AvgIpc) is 2.30. The maximum atomic E-state index is 11.7. The fraction of sp³-hybridized carbons (Fsp3) is 0.500. The van der Waals surface area contributed by atoms with E-state index >= 15 is 0 Å². The minimum absolute atomic E-state index is 0.00478. The number of anilines is 1. The fourth-order valence-electron chi connectivity index (χ4n) is 2.59. The third-order valence-electron chi connectivity index (χ3n) is 3.97. The van der Waals surface area contributed by atoms with Gasteiger partial charge in [-0.15, -0.1) is 11.8 Å². The fourth-order valence-corrected chi connectivity index (χ4v) is 3.52. The SMILES string of the molecule is CC1Sc2ccc(C3CNC3(C)C)cc2NC1=O. The minimum atomic E-state index is 0.00478. The lowest BCUT2D eigenvalue weighted by atomic mass is 9.75. The first-order chi connectivity index (χ1) is 8.47. The number of nitrogens with one attached hydrogen (secondary N) is 2. The predicted octanol–water partition coefficient (Wildman–Crippen LogP) is 2.58. The molecule has 4 heteroatoms. The molecule has 2 N–H and O–H groups in total. The van der Waals surface area contributed by atoms with E-state index in [9.17, 15) is 4.79 Å². The molecule has 1 fully saturated rings. The van der Waals surface area contributed by atoms with Crippen molar-refractivity contribution in [1.29, 1.82) is 0 Å². The van der Waals surface area contributed by atoms with Gasteiger partial charge >= 0.3 is 0 Å². The number of rotatable bonds is 1. The van der Waals surface area contributed by atoms with Gasteiger partial charge in [0.1, 0.15) is 0 Å². The Morgan fingerprint density at radius 2 is 2.17 bits per heavy atom. The van der Waals surface area contributed by atoms with Crippen LogP contribution in [0.3, 0.4) is 0 Å². The summed E-state index contributed by atoms with van der Waals surface area (Å²) in [5.74, 6) is 0.639. The zero-order valence-electron chi connectivity index (χ0n) is 10.9. The monoisotopic (exact) mass is 262 g/mol. The number of hydrogen-bond acceptors (Lipinski definition) is 3. The van der Waals surface area contributed by atoms with Crippen molar-refractivity contribution < 1.29 is 4.79 Å². The van der Waals surface area contributed by atoms with Crippen molar-refractivity contribution in [3.63, 3.8) is 0 Å². The van der Waals surface area contributed by atoms with Gasteiger partial charge in [-0.2, -0.15) is 0 Å². The highest BCUT2D eigenvalue weighted by molar-refractivity contribution is 8.00. The van der Waals surface area contributed by atoms with E-state index < -0.39 is 0 Å². The Morgan fingerprint density at radius 3 is 2.78 bits per heavy atom. The molecule has 0 aliphatic carbocycles. The Kier molecular flexibility index (Phi) is 2.68. The number of amides is 1. The molecular weight excluding hydrogens is 244 g/mol. The number of carbonyl (C=O) groups excluding carboxylic acids is 1. The molecule has 1 saturated heterocycles. The molecule has 96 valence electrons. The number of hydrogen-bond donors (Lipinski definition) is 2. The van der Waals surface area contributed by atoms with Crippen molar-refractivity contribution in [3.05, 3.63) is 23.8 Å². The second kappa shape index (κ2) is 4.00. The van der Waals surface area contributed by atoms with Crippen LogP contribution in [0.1, 0.15) is 32.3 Å². The van der Waals surface area contributed by atoms with Gasteiger partial charge in [0.05, 0.1) is 10.9 Å². The van der Waals surface area contributed by atoms with Crippen LogP contribution in [-0.4, -0.2) is 23.2 Å². The average molecular weight is 262 g/mol. The Balaban J connectivity index is 1.92. The molecule has 2 heterocycles. The number of fused-ring (bicyclic) bond motifs is 1. The molecule has 3 rings (SSSR count). The van der Waals surface area contributed by atoms with Gasteiger partial charge < -0.3 is 10.6 Å². The van der Waals surface area contributed by atoms with E-state index in [1.807, 2.05) is 6.92 Å². The molecule has 2 aliphatic rings. The smallest absolute Gasteiger partial charge is 0.237 e. The first-order valence-corrected chi connectivity index (χ1v) is 7.22. The molecule has 1 aromatic rings. The third kappa shape index (κ3) is 1.84. The van der Waals surface area contributed by atoms with E-state index in [1.165, 1.54) is 10.5 Å². The molecule has 0 saturated carbocycles. The summed E-state index contributed by atoms with van der Waals surface area (Å²) in [6, 6.07) is 6.47. The Hall–Kier alpha value is -1.00. The summed E-state index contributed by atoms with van der Waals surface area (Å²) in [6.07, 6.45) is 0. The summed E-state index contributed by atoms with van der Waals surface area (Å²) in [7, 11) is 0. The molecule has 1 aromatic carbocycles. The molecule has 2 atom stereocenters. The summed E-state index contributed by atoms with van der Waals surface area (Å²) < 4.78 is 0. The van der Waals surface area contributed by atoms with Crippen LogP contribution in [-0.2, 0) is 4.79 Å². The number of carbonyl (C=O) groups is 1. The van der Waals surface area contributed by atoms with Gasteiger partial charge in [0.15, 0.2) is 0 Å². The predicted molar refractivity (Wildman–Crippen MR) is 75.2 cm³/mol. The van der Waals surface area contributed by atoms with Crippen LogP contribution in [0.5, 0.6) is 0 Å². The van der Waals surface area contributed by atoms with Crippen LogP contribution in [0.15, 0.2) is 23.1 Å². The van der Waals surface area contributed by atoms with Crippen molar-refractivity contribution in [2.45, 2.75) is 42.4 Å². The van der Waals surface area contributed by atoms with E-state index in [-0.39, 0.29) is 16.7 Å². The summed E-state index contributed by atoms with van der Waals surface area (Å²) >= 11 is 1.64. The maximum Gasteiger partial charge on any atom is 0.237 e. The lowest BCUT2D eigenvalue weighted by Gasteiger charge is -2.46. The Bertz CT molecular complexity index is 513. The van der Waals surface area contributed by atoms with E-state index in [0.29, 0.717) is 5.92 Å². The molecule has 18 heavy (non-hydrogen) atoms. The van der Waals surface area contributed by atoms with Crippen molar-refractivity contribution in [2.75, 3.05) is 11.9 Å². The maximum absolute atomic E-state index is 11.7. The summed E-state index contributed by atoms with van der Waals surface area (Å²) in [4.78, 5) is 12.9. The van der Waals surface area contributed by atoms with Crippen molar-refractivity contribution in [3.8, 4) is 0 Å². The summed E-state index contributed by atoms with van der Waals surface area (Å²) in [5.41, 5.74) is 2.45. The van der Waals surface area contributed by atoms with Crippen LogP contribution in [0, 0.1) is 0 Å². The van der Waals surface area contributed by atoms with E-state index in [0.717, 1.165) is 12.2 Å². The van der Waals surface area contributed by atoms with Crippen molar-refractivity contribution >= 4 is 23.4 Å². The Labute approximate surface area is 112 Å². The molecule has 2 aliphatic heterocycles. The summed E-state index contributed by atoms with van der Waals surface area (Å²) in [6.45, 7) is 7.39. The van der Waals surface area contributed by atoms with E-state index in [1.54, 1.807) is 11.8 Å².